The Kier molecular flexibility index (Phi) is 10.8. The smallest absolute Gasteiger partial charge is 0.187 e. The van der Waals surface area contributed by atoms with Crippen LogP contribution in [0.4, 0.5) is 0 Å². The summed E-state index contributed by atoms with van der Waals surface area (Å²) in [6.45, 7) is -1.23. The summed E-state index contributed by atoms with van der Waals surface area (Å²) in [5.41, 5.74) is 0. The monoisotopic (exact) mass is 611 g/mol. The van der Waals surface area contributed by atoms with Crippen LogP contribution >= 0.6 is 0 Å². The molecule has 3 heterocycles. The largest absolute Gasteiger partial charge is 0.427 e. The predicted molar refractivity (Wildman–Crippen MR) is 138 cm³/mol. The first-order chi connectivity index (χ1) is 20.0. The van der Waals surface area contributed by atoms with Crippen molar-refractivity contribution >= 4 is 0 Å². The lowest BCUT2D eigenvalue weighted by Gasteiger charge is -2.50. The highest BCUT2D eigenvalue weighted by molar-refractivity contribution is 4.99. The van der Waals surface area contributed by atoms with Gasteiger partial charge in [0, 0.05) is 18.8 Å². The van der Waals surface area contributed by atoms with Gasteiger partial charge in [-0.25, -0.2) is 0 Å². The molecule has 15 heteroatoms. The van der Waals surface area contributed by atoms with Crippen LogP contribution in [0.1, 0.15) is 44.9 Å². The lowest BCUT2D eigenvalue weighted by atomic mass is 9.73. The van der Waals surface area contributed by atoms with E-state index in [1.54, 1.807) is 0 Å². The van der Waals surface area contributed by atoms with Crippen molar-refractivity contribution in [1.29, 1.82) is 0 Å². The minimum atomic E-state index is -1.63. The molecule has 5 aliphatic rings. The second-order valence-corrected chi connectivity index (χ2v) is 12.5. The standard InChI is InChI=1S/C27H46O15/c28-8-17-19(32)21(34)23(36)26(41-17)39-15-6-12(31)5-14-13(15)7-16(25(38-14)10-1-3-11(30)4-2-10)40-27-24(37)22(35)20(33)18(9-29)42-27/h10-37H,1-9H2/p+1/t10?,11?,12?,13?,14?,15?,16?,17-,18-,19-,20-,21+,22+,23-,24-,25?,26-,27-/m0/s1. The number of hydrogen-bond donors (Lipinski definition) is 10. The number of aliphatic hydroxyl groups is 12. The third-order valence-corrected chi connectivity index (χ3v) is 9.78. The summed E-state index contributed by atoms with van der Waals surface area (Å²) in [5.74, 6) is -0.353. The van der Waals surface area contributed by atoms with Crippen LogP contribution in [-0.4, -0.2) is 167 Å². The maximum Gasteiger partial charge on any atom is 0.187 e. The fourth-order valence-electron chi connectivity index (χ4n) is 7.31. The highest BCUT2D eigenvalue weighted by atomic mass is 16.7. The summed E-state index contributed by atoms with van der Waals surface area (Å²) >= 11 is 0. The van der Waals surface area contributed by atoms with Crippen molar-refractivity contribution < 1.29 is 74.7 Å². The van der Waals surface area contributed by atoms with Crippen LogP contribution in [0.5, 0.6) is 0 Å². The Morgan fingerprint density at radius 1 is 0.571 bits per heavy atom. The number of fused-ring (bicyclic) bond motifs is 1. The second kappa shape index (κ2) is 13.8. The molecule has 2 saturated carbocycles. The van der Waals surface area contributed by atoms with Gasteiger partial charge in [0.05, 0.1) is 37.4 Å². The maximum atomic E-state index is 10.7. The molecule has 15 nitrogen and oxygen atoms in total. The average molecular weight is 612 g/mol. The van der Waals surface area contributed by atoms with Crippen molar-refractivity contribution in [3.63, 3.8) is 0 Å². The highest BCUT2D eigenvalue weighted by Crippen LogP contribution is 2.43. The van der Waals surface area contributed by atoms with Crippen LogP contribution < -0.4 is 0 Å². The zero-order valence-electron chi connectivity index (χ0n) is 23.3. The Hall–Kier alpha value is -0.600. The molecule has 2 aliphatic carbocycles. The fourth-order valence-corrected chi connectivity index (χ4v) is 7.31. The van der Waals surface area contributed by atoms with Crippen molar-refractivity contribution in [3.05, 3.63) is 0 Å². The van der Waals surface area contributed by atoms with Crippen molar-refractivity contribution in [2.75, 3.05) is 13.2 Å². The van der Waals surface area contributed by atoms with Gasteiger partial charge in [-0.2, -0.15) is 0 Å². The first kappa shape index (κ1) is 32.8. The minimum absolute atomic E-state index is 0.0214. The van der Waals surface area contributed by atoms with Crippen molar-refractivity contribution in [1.82, 2.24) is 0 Å². The van der Waals surface area contributed by atoms with Crippen molar-refractivity contribution in [3.8, 4) is 0 Å². The van der Waals surface area contributed by atoms with Gasteiger partial charge in [0.1, 0.15) is 54.9 Å². The van der Waals surface area contributed by atoms with Gasteiger partial charge < -0.3 is 74.7 Å². The van der Waals surface area contributed by atoms with Crippen LogP contribution in [0.3, 0.4) is 0 Å². The molecule has 0 aromatic rings. The molecule has 16 atom stereocenters. The zero-order valence-corrected chi connectivity index (χ0v) is 23.3. The molecule has 0 radical (unpaired) electrons. The zero-order chi connectivity index (χ0) is 30.3. The van der Waals surface area contributed by atoms with E-state index in [0.29, 0.717) is 38.5 Å². The Morgan fingerprint density at radius 2 is 1.10 bits per heavy atom. The van der Waals surface area contributed by atoms with Crippen LogP contribution in [0.2, 0.25) is 0 Å². The van der Waals surface area contributed by atoms with E-state index in [0.717, 1.165) is 0 Å². The Labute approximate surface area is 243 Å². The molecule has 5 rings (SSSR count). The highest BCUT2D eigenvalue weighted by Gasteiger charge is 2.56. The summed E-state index contributed by atoms with van der Waals surface area (Å²) < 4.78 is 28.7. The molecular weight excluding hydrogens is 564 g/mol. The molecule has 0 aromatic carbocycles. The van der Waals surface area contributed by atoms with Crippen molar-refractivity contribution in [2.24, 2.45) is 11.8 Å². The second-order valence-electron chi connectivity index (χ2n) is 12.5. The first-order valence-electron chi connectivity index (χ1n) is 15.0. The van der Waals surface area contributed by atoms with Gasteiger partial charge in [-0.3, -0.25) is 0 Å². The Morgan fingerprint density at radius 3 is 1.62 bits per heavy atom. The van der Waals surface area contributed by atoms with Gasteiger partial charge in [0.2, 0.25) is 0 Å². The molecule has 0 bridgehead atoms. The minimum Gasteiger partial charge on any atom is -0.427 e. The van der Waals surface area contributed by atoms with Crippen LogP contribution in [0.25, 0.3) is 0 Å². The first-order valence-corrected chi connectivity index (χ1v) is 15.0. The van der Waals surface area contributed by atoms with Crippen LogP contribution in [0, 0.1) is 11.8 Å². The van der Waals surface area contributed by atoms with Gasteiger partial charge in [-0.05, 0) is 32.1 Å². The predicted octanol–water partition coefficient (Wildman–Crippen LogP) is -4.65. The van der Waals surface area contributed by atoms with Gasteiger partial charge in [-0.1, -0.05) is 0 Å². The molecule has 11 N–H and O–H groups in total. The fraction of sp³-hybridized carbons (Fsp3) is 1.00. The number of hydrogen-bond acceptors (Lipinski definition) is 14. The van der Waals surface area contributed by atoms with E-state index in [4.69, 9.17) is 23.7 Å². The number of aliphatic hydroxyl groups excluding tert-OH is 10. The Bertz CT molecular complexity index is 855. The molecule has 0 aromatic heterocycles. The maximum absolute atomic E-state index is 10.7. The van der Waals surface area contributed by atoms with E-state index in [9.17, 15) is 51.1 Å². The lowest BCUT2D eigenvalue weighted by molar-refractivity contribution is -0.366. The van der Waals surface area contributed by atoms with Gasteiger partial charge in [-0.15, -0.1) is 0 Å². The van der Waals surface area contributed by atoms with E-state index >= 15 is 0 Å². The van der Waals surface area contributed by atoms with Crippen LogP contribution in [-0.2, 0) is 18.9 Å². The van der Waals surface area contributed by atoms with E-state index < -0.39 is 105 Å². The molecule has 3 saturated heterocycles. The van der Waals surface area contributed by atoms with Gasteiger partial charge >= 0.3 is 0 Å². The molecular formula is C27H47O15+. The molecule has 6 unspecified atom stereocenters. The van der Waals surface area contributed by atoms with Gasteiger partial charge in [0.25, 0.3) is 0 Å². The molecule has 0 amide bonds. The number of ether oxygens (including phenoxy) is 5. The number of rotatable bonds is 7. The van der Waals surface area contributed by atoms with E-state index in [-0.39, 0.29) is 24.4 Å². The SMILES string of the molecule is OC[C@@H]1O[C@H](OC2CC(O)CC3[OH+]C(C4CCC(O)CC4)C(O[C@H]4O[C@@H](CO)[C@H](O)[C@@H](O)[C@@H]4O)CC23)[C@@H](O)[C@H](O)[C@H]1O. The molecule has 244 valence electrons. The quantitative estimate of drug-likeness (QED) is 0.122. The normalized spacial score (nSPS) is 53.9. The van der Waals surface area contributed by atoms with E-state index in [1.807, 2.05) is 0 Å². The average Bonchev–Trinajstić information content (AvgIpc) is 2.98. The topological polar surface area (TPSA) is 252 Å². The molecule has 3 aliphatic heterocycles. The third-order valence-electron chi connectivity index (χ3n) is 9.78. The van der Waals surface area contributed by atoms with E-state index in [1.165, 1.54) is 0 Å². The summed E-state index contributed by atoms with van der Waals surface area (Å²) in [4.78, 5) is 0. The molecule has 0 spiro atoms. The summed E-state index contributed by atoms with van der Waals surface area (Å²) in [6, 6.07) is 0. The third kappa shape index (κ3) is 6.66. The lowest BCUT2D eigenvalue weighted by Crippen LogP contribution is -2.64. The Balaban J connectivity index is 1.36. The van der Waals surface area contributed by atoms with Gasteiger partial charge in [0.15, 0.2) is 24.8 Å². The molecule has 5 fully saturated rings. The van der Waals surface area contributed by atoms with E-state index in [2.05, 4.69) is 0 Å². The molecule has 42 heavy (non-hydrogen) atoms. The van der Waals surface area contributed by atoms with Crippen molar-refractivity contribution in [2.45, 2.75) is 143 Å². The summed E-state index contributed by atoms with van der Waals surface area (Å²) in [6.07, 6.45) is -14.8. The summed E-state index contributed by atoms with van der Waals surface area (Å²) in [7, 11) is 0. The summed E-state index contributed by atoms with van der Waals surface area (Å²) in [5, 5.41) is 102. The van der Waals surface area contributed by atoms with Crippen LogP contribution in [0.15, 0.2) is 0 Å².